The number of H-pyrrole nitrogens is 1. The Labute approximate surface area is 104 Å². The quantitative estimate of drug-likeness (QED) is 0.832. The first-order chi connectivity index (χ1) is 7.66. The summed E-state index contributed by atoms with van der Waals surface area (Å²) in [6, 6.07) is 0. The van der Waals surface area contributed by atoms with Gasteiger partial charge in [0.2, 0.25) is 0 Å². The zero-order valence-electron chi connectivity index (χ0n) is 11.7. The maximum Gasteiger partial charge on any atom is 0.265 e. The molecule has 0 radical (unpaired) electrons. The predicted octanol–water partition coefficient (Wildman–Crippen LogP) is 3.17. The number of primary amides is 1. The Kier molecular flexibility index (Phi) is 3.70. The molecule has 3 nitrogen and oxygen atoms in total. The Morgan fingerprint density at radius 2 is 1.82 bits per heavy atom. The maximum atomic E-state index is 11.5. The molecule has 3 N–H and O–H groups in total. The van der Waals surface area contributed by atoms with Crippen molar-refractivity contribution in [1.82, 2.24) is 4.98 Å². The third kappa shape index (κ3) is 2.71. The number of amides is 1. The Hall–Kier alpha value is -1.25. The molecule has 1 aromatic heterocycles. The zero-order chi connectivity index (χ0) is 13.4. The smallest absolute Gasteiger partial charge is 0.265 e. The predicted molar refractivity (Wildman–Crippen MR) is 71.3 cm³/mol. The van der Waals surface area contributed by atoms with Gasteiger partial charge in [0.25, 0.3) is 5.91 Å². The SMILES string of the molecule is CC(C)C(C)c1c(C(C)(C)C)c[nH]c1C(N)=O. The second-order valence-corrected chi connectivity index (χ2v) is 6.14. The third-order valence-electron chi connectivity index (χ3n) is 3.43. The number of nitrogens with one attached hydrogen (secondary N) is 1. The molecule has 3 heteroatoms. The lowest BCUT2D eigenvalue weighted by Gasteiger charge is -2.25. The number of aromatic nitrogens is 1. The standard InChI is InChI=1S/C14H24N2O/c1-8(2)9(3)11-10(14(4,5)6)7-16-12(11)13(15)17/h7-9,16H,1-6H3,(H2,15,17). The summed E-state index contributed by atoms with van der Waals surface area (Å²) >= 11 is 0. The molecule has 0 fully saturated rings. The van der Waals surface area contributed by atoms with E-state index in [4.69, 9.17) is 5.73 Å². The minimum absolute atomic E-state index is 0.0166. The van der Waals surface area contributed by atoms with Crippen LogP contribution in [0.2, 0.25) is 0 Å². The number of carbonyl (C=O) groups is 1. The van der Waals surface area contributed by atoms with Crippen molar-refractivity contribution in [3.8, 4) is 0 Å². The first-order valence-corrected chi connectivity index (χ1v) is 6.17. The number of carbonyl (C=O) groups excluding carboxylic acids is 1. The van der Waals surface area contributed by atoms with Gasteiger partial charge >= 0.3 is 0 Å². The van der Waals surface area contributed by atoms with Crippen LogP contribution < -0.4 is 5.73 Å². The normalized spacial score (nSPS) is 14.1. The lowest BCUT2D eigenvalue weighted by molar-refractivity contribution is 0.0994. The van der Waals surface area contributed by atoms with Crippen molar-refractivity contribution < 1.29 is 4.79 Å². The summed E-state index contributed by atoms with van der Waals surface area (Å²) in [6.45, 7) is 12.9. The summed E-state index contributed by atoms with van der Waals surface area (Å²) in [6.07, 6.45) is 1.92. The number of hydrogen-bond donors (Lipinski definition) is 2. The monoisotopic (exact) mass is 236 g/mol. The summed E-state index contributed by atoms with van der Waals surface area (Å²) in [5.41, 5.74) is 8.29. The van der Waals surface area contributed by atoms with E-state index in [1.807, 2.05) is 6.20 Å². The average Bonchev–Trinajstić information content (AvgIpc) is 2.59. The Balaban J connectivity index is 3.40. The van der Waals surface area contributed by atoms with Crippen molar-refractivity contribution in [2.75, 3.05) is 0 Å². The largest absolute Gasteiger partial charge is 0.364 e. The molecule has 0 bridgehead atoms. The summed E-state index contributed by atoms with van der Waals surface area (Å²) in [5.74, 6) is 0.422. The third-order valence-corrected chi connectivity index (χ3v) is 3.43. The van der Waals surface area contributed by atoms with E-state index in [0.717, 1.165) is 5.56 Å². The lowest BCUT2D eigenvalue weighted by atomic mass is 9.79. The Bertz CT molecular complexity index is 410. The van der Waals surface area contributed by atoms with Crippen LogP contribution in [0.15, 0.2) is 6.20 Å². The molecule has 1 aromatic rings. The highest BCUT2D eigenvalue weighted by Crippen LogP contribution is 2.36. The van der Waals surface area contributed by atoms with Gasteiger partial charge in [0.15, 0.2) is 0 Å². The second-order valence-electron chi connectivity index (χ2n) is 6.14. The molecule has 0 saturated heterocycles. The molecule has 1 rings (SSSR count). The molecule has 0 aliphatic carbocycles. The van der Waals surface area contributed by atoms with E-state index < -0.39 is 0 Å². The maximum absolute atomic E-state index is 11.5. The highest BCUT2D eigenvalue weighted by Gasteiger charge is 2.28. The molecule has 0 aromatic carbocycles. The van der Waals surface area contributed by atoms with Gasteiger partial charge in [-0.2, -0.15) is 0 Å². The first-order valence-electron chi connectivity index (χ1n) is 6.17. The van der Waals surface area contributed by atoms with Crippen LogP contribution in [-0.4, -0.2) is 10.9 Å². The molecule has 1 atom stereocenters. The highest BCUT2D eigenvalue weighted by molar-refractivity contribution is 5.93. The van der Waals surface area contributed by atoms with Crippen LogP contribution in [0.4, 0.5) is 0 Å². The van der Waals surface area contributed by atoms with Crippen LogP contribution in [0.1, 0.15) is 69.1 Å². The molecule has 17 heavy (non-hydrogen) atoms. The van der Waals surface area contributed by atoms with Crippen LogP contribution in [0.3, 0.4) is 0 Å². The van der Waals surface area contributed by atoms with Crippen LogP contribution >= 0.6 is 0 Å². The molecule has 1 unspecified atom stereocenters. The molecule has 0 saturated carbocycles. The Morgan fingerprint density at radius 1 is 1.29 bits per heavy atom. The van der Waals surface area contributed by atoms with E-state index in [1.165, 1.54) is 5.56 Å². The van der Waals surface area contributed by atoms with Crippen molar-refractivity contribution in [1.29, 1.82) is 0 Å². The van der Waals surface area contributed by atoms with Crippen LogP contribution in [0.5, 0.6) is 0 Å². The topological polar surface area (TPSA) is 58.9 Å². The van der Waals surface area contributed by atoms with Crippen LogP contribution in [0.25, 0.3) is 0 Å². The second kappa shape index (κ2) is 4.55. The van der Waals surface area contributed by atoms with E-state index in [1.54, 1.807) is 0 Å². The molecule has 96 valence electrons. The number of hydrogen-bond acceptors (Lipinski definition) is 1. The van der Waals surface area contributed by atoms with Gasteiger partial charge in [-0.05, 0) is 28.4 Å². The summed E-state index contributed by atoms with van der Waals surface area (Å²) in [4.78, 5) is 14.5. The van der Waals surface area contributed by atoms with Gasteiger partial charge in [-0.1, -0.05) is 41.5 Å². The molecule has 1 heterocycles. The van der Waals surface area contributed by atoms with Crippen LogP contribution in [-0.2, 0) is 5.41 Å². The van der Waals surface area contributed by atoms with Gasteiger partial charge in [-0.25, -0.2) is 0 Å². The van der Waals surface area contributed by atoms with Crippen molar-refractivity contribution in [2.24, 2.45) is 11.7 Å². The fraction of sp³-hybridized carbons (Fsp3) is 0.643. The number of rotatable bonds is 3. The molecule has 0 aliphatic heterocycles. The molecular formula is C14H24N2O. The van der Waals surface area contributed by atoms with Crippen molar-refractivity contribution in [3.05, 3.63) is 23.0 Å². The van der Waals surface area contributed by atoms with E-state index in [0.29, 0.717) is 17.5 Å². The van der Waals surface area contributed by atoms with Gasteiger partial charge < -0.3 is 10.7 Å². The fourth-order valence-corrected chi connectivity index (χ4v) is 2.07. The van der Waals surface area contributed by atoms with Gasteiger partial charge in [0, 0.05) is 6.20 Å². The van der Waals surface area contributed by atoms with Gasteiger partial charge in [0.1, 0.15) is 5.69 Å². The first kappa shape index (κ1) is 13.8. The lowest BCUT2D eigenvalue weighted by Crippen LogP contribution is -2.20. The molecular weight excluding hydrogens is 212 g/mol. The average molecular weight is 236 g/mol. The molecule has 1 amide bonds. The van der Waals surface area contributed by atoms with E-state index in [2.05, 4.69) is 46.5 Å². The fourth-order valence-electron chi connectivity index (χ4n) is 2.07. The van der Waals surface area contributed by atoms with Gasteiger partial charge in [-0.15, -0.1) is 0 Å². The summed E-state index contributed by atoms with van der Waals surface area (Å²) < 4.78 is 0. The van der Waals surface area contributed by atoms with Crippen molar-refractivity contribution in [2.45, 2.75) is 52.9 Å². The summed E-state index contributed by atoms with van der Waals surface area (Å²) in [7, 11) is 0. The van der Waals surface area contributed by atoms with Crippen molar-refractivity contribution in [3.63, 3.8) is 0 Å². The number of aromatic amines is 1. The molecule has 0 aliphatic rings. The Morgan fingerprint density at radius 3 is 2.18 bits per heavy atom. The molecule has 0 spiro atoms. The summed E-state index contributed by atoms with van der Waals surface area (Å²) in [5, 5.41) is 0. The number of nitrogens with two attached hydrogens (primary N) is 1. The minimum atomic E-state index is -0.372. The van der Waals surface area contributed by atoms with E-state index in [9.17, 15) is 4.79 Å². The van der Waals surface area contributed by atoms with E-state index in [-0.39, 0.29) is 11.3 Å². The zero-order valence-corrected chi connectivity index (χ0v) is 11.7. The highest BCUT2D eigenvalue weighted by atomic mass is 16.1. The van der Waals surface area contributed by atoms with E-state index >= 15 is 0 Å². The van der Waals surface area contributed by atoms with Crippen LogP contribution in [0, 0.1) is 5.92 Å². The van der Waals surface area contributed by atoms with Crippen molar-refractivity contribution >= 4 is 5.91 Å². The van der Waals surface area contributed by atoms with Gasteiger partial charge in [0.05, 0.1) is 0 Å². The minimum Gasteiger partial charge on any atom is -0.364 e. The van der Waals surface area contributed by atoms with Gasteiger partial charge in [-0.3, -0.25) is 4.79 Å².